The lowest BCUT2D eigenvalue weighted by Crippen LogP contribution is -2.52. The SMILES string of the molecule is O=S(=O)(NC1CNc2ccccc2C1)N1CCOCC1. The minimum Gasteiger partial charge on any atom is -0.383 e. The lowest BCUT2D eigenvalue weighted by atomic mass is 10.0. The third-order valence-corrected chi connectivity index (χ3v) is 5.32. The van der Waals surface area contributed by atoms with Crippen LogP contribution < -0.4 is 10.0 Å². The highest BCUT2D eigenvalue weighted by Crippen LogP contribution is 2.21. The molecule has 0 spiro atoms. The van der Waals surface area contributed by atoms with E-state index in [2.05, 4.69) is 10.0 Å². The van der Waals surface area contributed by atoms with E-state index in [-0.39, 0.29) is 6.04 Å². The molecule has 2 N–H and O–H groups in total. The molecule has 0 radical (unpaired) electrons. The van der Waals surface area contributed by atoms with Gasteiger partial charge >= 0.3 is 0 Å². The Morgan fingerprint density at radius 2 is 2.00 bits per heavy atom. The standard InChI is InChI=1S/C13H19N3O3S/c17-20(18,16-5-7-19-8-6-16)15-12-9-11-3-1-2-4-13(11)14-10-12/h1-4,12,14-15H,5-10H2. The summed E-state index contributed by atoms with van der Waals surface area (Å²) in [6.07, 6.45) is 0.715. The maximum atomic E-state index is 12.3. The first-order chi connectivity index (χ1) is 9.65. The van der Waals surface area contributed by atoms with Crippen LogP contribution in [0, 0.1) is 0 Å². The van der Waals surface area contributed by atoms with Crippen LogP contribution >= 0.6 is 0 Å². The van der Waals surface area contributed by atoms with E-state index in [1.54, 1.807) is 0 Å². The molecule has 2 aliphatic rings. The molecule has 1 fully saturated rings. The van der Waals surface area contributed by atoms with E-state index in [1.165, 1.54) is 4.31 Å². The zero-order chi connectivity index (χ0) is 14.0. The molecule has 7 heteroatoms. The van der Waals surface area contributed by atoms with Crippen molar-refractivity contribution in [3.8, 4) is 0 Å². The van der Waals surface area contributed by atoms with Gasteiger partial charge in [-0.05, 0) is 18.1 Å². The summed E-state index contributed by atoms with van der Waals surface area (Å²) in [6, 6.07) is 7.88. The molecular formula is C13H19N3O3S. The Kier molecular flexibility index (Phi) is 3.93. The average molecular weight is 297 g/mol. The van der Waals surface area contributed by atoms with E-state index in [1.807, 2.05) is 24.3 Å². The van der Waals surface area contributed by atoms with Gasteiger partial charge in [-0.3, -0.25) is 0 Å². The van der Waals surface area contributed by atoms with Crippen molar-refractivity contribution in [2.24, 2.45) is 0 Å². The molecule has 0 aromatic heterocycles. The summed E-state index contributed by atoms with van der Waals surface area (Å²) < 4.78 is 34.0. The van der Waals surface area contributed by atoms with E-state index in [0.717, 1.165) is 11.3 Å². The van der Waals surface area contributed by atoms with Crippen molar-refractivity contribution in [2.75, 3.05) is 38.2 Å². The normalized spacial score (nSPS) is 23.9. The molecule has 2 heterocycles. The van der Waals surface area contributed by atoms with Gasteiger partial charge in [-0.1, -0.05) is 18.2 Å². The van der Waals surface area contributed by atoms with Crippen LogP contribution in [0.2, 0.25) is 0 Å². The van der Waals surface area contributed by atoms with Gasteiger partial charge in [-0.25, -0.2) is 0 Å². The lowest BCUT2D eigenvalue weighted by molar-refractivity contribution is 0.0723. The maximum absolute atomic E-state index is 12.3. The summed E-state index contributed by atoms with van der Waals surface area (Å²) >= 11 is 0. The first kappa shape index (κ1) is 13.8. The molecule has 1 atom stereocenters. The van der Waals surface area contributed by atoms with Crippen LogP contribution in [0.25, 0.3) is 0 Å². The van der Waals surface area contributed by atoms with Crippen LogP contribution in [0.1, 0.15) is 5.56 Å². The number of nitrogens with zero attached hydrogens (tertiary/aromatic N) is 1. The molecule has 3 rings (SSSR count). The van der Waals surface area contributed by atoms with Crippen LogP contribution in [0.5, 0.6) is 0 Å². The molecule has 110 valence electrons. The predicted molar refractivity (Wildman–Crippen MR) is 76.9 cm³/mol. The van der Waals surface area contributed by atoms with Crippen molar-refractivity contribution in [2.45, 2.75) is 12.5 Å². The maximum Gasteiger partial charge on any atom is 0.279 e. The number of ether oxygens (including phenoxy) is 1. The van der Waals surface area contributed by atoms with Gasteiger partial charge < -0.3 is 10.1 Å². The molecule has 1 unspecified atom stereocenters. The second-order valence-corrected chi connectivity index (χ2v) is 6.78. The minimum atomic E-state index is -3.42. The fraction of sp³-hybridized carbons (Fsp3) is 0.538. The highest BCUT2D eigenvalue weighted by atomic mass is 32.2. The van der Waals surface area contributed by atoms with Gasteiger partial charge in [0.25, 0.3) is 10.2 Å². The van der Waals surface area contributed by atoms with Crippen LogP contribution in [0.4, 0.5) is 5.69 Å². The number of morpholine rings is 1. The lowest BCUT2D eigenvalue weighted by Gasteiger charge is -2.31. The first-order valence-corrected chi connectivity index (χ1v) is 8.26. The fourth-order valence-electron chi connectivity index (χ4n) is 2.60. The molecule has 0 saturated carbocycles. The number of benzene rings is 1. The highest BCUT2D eigenvalue weighted by Gasteiger charge is 2.28. The number of para-hydroxylation sites is 1. The molecule has 2 aliphatic heterocycles. The van der Waals surface area contributed by atoms with E-state index in [4.69, 9.17) is 4.74 Å². The number of anilines is 1. The Balaban J connectivity index is 1.66. The molecule has 1 saturated heterocycles. The van der Waals surface area contributed by atoms with Gasteiger partial charge in [0.1, 0.15) is 0 Å². The van der Waals surface area contributed by atoms with E-state index < -0.39 is 10.2 Å². The molecule has 20 heavy (non-hydrogen) atoms. The van der Waals surface area contributed by atoms with Gasteiger partial charge in [0.15, 0.2) is 0 Å². The van der Waals surface area contributed by atoms with E-state index in [0.29, 0.717) is 39.3 Å². The molecule has 1 aromatic carbocycles. The van der Waals surface area contributed by atoms with E-state index in [9.17, 15) is 8.42 Å². The third-order valence-electron chi connectivity index (χ3n) is 3.65. The summed E-state index contributed by atoms with van der Waals surface area (Å²) in [7, 11) is -3.42. The molecule has 1 aromatic rings. The zero-order valence-corrected chi connectivity index (χ0v) is 12.0. The number of rotatable bonds is 3. The Labute approximate surface area is 119 Å². The van der Waals surface area contributed by atoms with Crippen LogP contribution in [-0.2, 0) is 21.4 Å². The van der Waals surface area contributed by atoms with Crippen molar-refractivity contribution in [3.05, 3.63) is 29.8 Å². The van der Waals surface area contributed by atoms with Crippen LogP contribution in [-0.4, -0.2) is 51.6 Å². The van der Waals surface area contributed by atoms with Gasteiger partial charge in [0.05, 0.1) is 13.2 Å². The molecular weight excluding hydrogens is 278 g/mol. The van der Waals surface area contributed by atoms with Crippen LogP contribution in [0.15, 0.2) is 24.3 Å². The third kappa shape index (κ3) is 2.95. The minimum absolute atomic E-state index is 0.113. The molecule has 0 aliphatic carbocycles. The number of nitrogens with one attached hydrogen (secondary N) is 2. The van der Waals surface area contributed by atoms with Gasteiger partial charge in [0.2, 0.25) is 0 Å². The summed E-state index contributed by atoms with van der Waals surface area (Å²) in [5.74, 6) is 0. The summed E-state index contributed by atoms with van der Waals surface area (Å²) in [4.78, 5) is 0. The summed E-state index contributed by atoms with van der Waals surface area (Å²) in [5.41, 5.74) is 2.24. The molecule has 6 nitrogen and oxygen atoms in total. The average Bonchev–Trinajstić information content (AvgIpc) is 2.48. The monoisotopic (exact) mass is 297 g/mol. The van der Waals surface area contributed by atoms with Gasteiger partial charge in [0, 0.05) is 31.4 Å². The first-order valence-electron chi connectivity index (χ1n) is 6.82. The van der Waals surface area contributed by atoms with Crippen molar-refractivity contribution >= 4 is 15.9 Å². The smallest absolute Gasteiger partial charge is 0.279 e. The number of hydrogen-bond donors (Lipinski definition) is 2. The largest absolute Gasteiger partial charge is 0.383 e. The molecule has 0 amide bonds. The highest BCUT2D eigenvalue weighted by molar-refractivity contribution is 7.87. The molecule has 0 bridgehead atoms. The van der Waals surface area contributed by atoms with Gasteiger partial charge in [-0.15, -0.1) is 0 Å². The summed E-state index contributed by atoms with van der Waals surface area (Å²) in [5, 5.41) is 3.27. The van der Waals surface area contributed by atoms with E-state index >= 15 is 0 Å². The summed E-state index contributed by atoms with van der Waals surface area (Å²) in [6.45, 7) is 2.39. The Bertz CT molecular complexity index is 570. The zero-order valence-electron chi connectivity index (χ0n) is 11.2. The second-order valence-electron chi connectivity index (χ2n) is 5.07. The quantitative estimate of drug-likeness (QED) is 0.835. The fourth-order valence-corrected chi connectivity index (χ4v) is 3.96. The van der Waals surface area contributed by atoms with Crippen molar-refractivity contribution in [1.29, 1.82) is 0 Å². The second kappa shape index (κ2) is 5.69. The topological polar surface area (TPSA) is 70.7 Å². The predicted octanol–water partition coefficient (Wildman–Crippen LogP) is 0.190. The van der Waals surface area contributed by atoms with Crippen molar-refractivity contribution in [1.82, 2.24) is 9.03 Å². The van der Waals surface area contributed by atoms with Crippen molar-refractivity contribution < 1.29 is 13.2 Å². The number of hydrogen-bond acceptors (Lipinski definition) is 4. The van der Waals surface area contributed by atoms with Crippen molar-refractivity contribution in [3.63, 3.8) is 0 Å². The van der Waals surface area contributed by atoms with Crippen LogP contribution in [0.3, 0.4) is 0 Å². The number of fused-ring (bicyclic) bond motifs is 1. The Morgan fingerprint density at radius 1 is 1.25 bits per heavy atom. The Morgan fingerprint density at radius 3 is 2.80 bits per heavy atom. The van der Waals surface area contributed by atoms with Gasteiger partial charge in [-0.2, -0.15) is 17.4 Å². The Hall–Kier alpha value is -1.15.